The number of benzene rings is 2. The highest BCUT2D eigenvalue weighted by Crippen LogP contribution is 2.45. The summed E-state index contributed by atoms with van der Waals surface area (Å²) >= 11 is 12.6. The van der Waals surface area contributed by atoms with Gasteiger partial charge in [0.2, 0.25) is 6.41 Å². The highest BCUT2D eigenvalue weighted by Gasteiger charge is 2.45. The van der Waals surface area contributed by atoms with Crippen LogP contribution in [0.15, 0.2) is 60.5 Å². The van der Waals surface area contributed by atoms with E-state index in [1.165, 1.54) is 12.0 Å². The molecule has 2 heterocycles. The zero-order chi connectivity index (χ0) is 27.7. The number of imidazole rings is 1. The van der Waals surface area contributed by atoms with Gasteiger partial charge in [0.05, 0.1) is 18.4 Å². The Labute approximate surface area is 232 Å². The minimum Gasteiger partial charge on any atom is -0.494 e. The molecule has 1 aromatic heterocycles. The Hall–Kier alpha value is -3.55. The van der Waals surface area contributed by atoms with Crippen molar-refractivity contribution >= 4 is 46.8 Å². The number of rotatable bonds is 8. The zero-order valence-corrected chi connectivity index (χ0v) is 23.7. The summed E-state index contributed by atoms with van der Waals surface area (Å²) in [4.78, 5) is 33.5. The molecule has 0 saturated heterocycles. The summed E-state index contributed by atoms with van der Waals surface area (Å²) in [6, 6.07) is 12.5. The molecule has 0 radical (unpaired) electrons. The number of anilines is 1. The summed E-state index contributed by atoms with van der Waals surface area (Å²) in [6.45, 7) is 7.91. The van der Waals surface area contributed by atoms with E-state index in [2.05, 4.69) is 4.57 Å². The molecule has 1 aliphatic heterocycles. The molecule has 2 aromatic carbocycles. The number of carbonyl (C=O) groups excluding carboxylic acids is 2. The fourth-order valence-corrected chi connectivity index (χ4v) is 5.09. The van der Waals surface area contributed by atoms with Crippen molar-refractivity contribution in [2.75, 3.05) is 19.1 Å². The smallest absolute Gasteiger partial charge is 0.279 e. The molecule has 0 N–H and O–H groups in total. The number of carbonyl (C=O) groups is 2. The van der Waals surface area contributed by atoms with E-state index in [1.54, 1.807) is 18.1 Å². The van der Waals surface area contributed by atoms with Crippen molar-refractivity contribution in [3.63, 3.8) is 0 Å². The SMILES string of the molecule is C/C=C(\C(=C/N(C)C=O)OC)c1nc2c(n1C(C)C)C(c1ccc(Cl)cc1)N(c1cc(Cl)ccc1C)C2=O. The van der Waals surface area contributed by atoms with Crippen molar-refractivity contribution in [1.82, 2.24) is 14.5 Å². The third kappa shape index (κ3) is 4.84. The maximum Gasteiger partial charge on any atom is 0.279 e. The number of hydrogen-bond acceptors (Lipinski definition) is 4. The summed E-state index contributed by atoms with van der Waals surface area (Å²) in [7, 11) is 3.16. The second-order valence-corrected chi connectivity index (χ2v) is 10.2. The van der Waals surface area contributed by atoms with Crippen LogP contribution in [0.1, 0.15) is 66.0 Å². The number of aromatic nitrogens is 2. The number of hydrogen-bond donors (Lipinski definition) is 0. The van der Waals surface area contributed by atoms with Gasteiger partial charge in [-0.25, -0.2) is 4.98 Å². The Morgan fingerprint density at radius 2 is 1.79 bits per heavy atom. The van der Waals surface area contributed by atoms with Gasteiger partial charge in [0.1, 0.15) is 17.6 Å². The Morgan fingerprint density at radius 1 is 1.13 bits per heavy atom. The quantitative estimate of drug-likeness (QED) is 0.175. The van der Waals surface area contributed by atoms with Gasteiger partial charge in [-0.05, 0) is 63.1 Å². The largest absolute Gasteiger partial charge is 0.494 e. The standard InChI is InChI=1S/C29H30Cl2N4O3/c1-7-22(24(38-6)15-33(5)16-36)28-32-25-27(34(28)17(2)3)26(19-9-12-20(30)13-10-19)35(29(25)37)23-14-21(31)11-8-18(23)4/h7-17,26H,1-6H3/b22-7+,24-15+. The molecular formula is C29H30Cl2N4O3. The third-order valence-corrected chi connectivity index (χ3v) is 7.01. The molecule has 9 heteroatoms. The molecule has 2 amide bonds. The molecule has 0 bridgehead atoms. The van der Waals surface area contributed by atoms with Crippen LogP contribution in [0, 0.1) is 6.92 Å². The first-order valence-electron chi connectivity index (χ1n) is 12.2. The first-order chi connectivity index (χ1) is 18.1. The molecule has 38 heavy (non-hydrogen) atoms. The van der Waals surface area contributed by atoms with E-state index in [0.29, 0.717) is 45.0 Å². The average Bonchev–Trinajstić information content (AvgIpc) is 3.40. The number of methoxy groups -OCH3 is 1. The second-order valence-electron chi connectivity index (χ2n) is 9.36. The lowest BCUT2D eigenvalue weighted by Gasteiger charge is -2.30. The van der Waals surface area contributed by atoms with Gasteiger partial charge in [0.15, 0.2) is 5.69 Å². The zero-order valence-electron chi connectivity index (χ0n) is 22.2. The van der Waals surface area contributed by atoms with Crippen LogP contribution in [-0.4, -0.2) is 40.9 Å². The van der Waals surface area contributed by atoms with Crippen molar-refractivity contribution in [2.24, 2.45) is 0 Å². The summed E-state index contributed by atoms with van der Waals surface area (Å²) in [6.07, 6.45) is 4.14. The highest BCUT2D eigenvalue weighted by molar-refractivity contribution is 6.31. The number of halogens is 2. The van der Waals surface area contributed by atoms with E-state index < -0.39 is 6.04 Å². The van der Waals surface area contributed by atoms with Crippen LogP contribution < -0.4 is 4.90 Å². The number of ether oxygens (including phenoxy) is 1. The Kier molecular flexibility index (Phi) is 7.99. The van der Waals surface area contributed by atoms with Gasteiger partial charge in [-0.15, -0.1) is 0 Å². The van der Waals surface area contributed by atoms with Gasteiger partial charge < -0.3 is 14.2 Å². The molecule has 1 aliphatic rings. The first-order valence-corrected chi connectivity index (χ1v) is 13.0. The Bertz CT molecular complexity index is 1440. The van der Waals surface area contributed by atoms with E-state index >= 15 is 0 Å². The van der Waals surface area contributed by atoms with E-state index in [4.69, 9.17) is 32.9 Å². The van der Waals surface area contributed by atoms with E-state index in [-0.39, 0.29) is 11.9 Å². The normalized spacial score (nSPS) is 15.8. The fourth-order valence-electron chi connectivity index (χ4n) is 4.80. The second kappa shape index (κ2) is 11.1. The molecule has 7 nitrogen and oxygen atoms in total. The highest BCUT2D eigenvalue weighted by atomic mass is 35.5. The van der Waals surface area contributed by atoms with E-state index in [0.717, 1.165) is 16.8 Å². The average molecular weight is 553 g/mol. The van der Waals surface area contributed by atoms with Gasteiger partial charge >= 0.3 is 0 Å². The van der Waals surface area contributed by atoms with Crippen LogP contribution in [0.4, 0.5) is 5.69 Å². The summed E-state index contributed by atoms with van der Waals surface area (Å²) in [5.41, 5.74) is 4.30. The van der Waals surface area contributed by atoms with Gasteiger partial charge in [0.25, 0.3) is 5.91 Å². The molecule has 0 aliphatic carbocycles. The monoisotopic (exact) mass is 552 g/mol. The molecular weight excluding hydrogens is 523 g/mol. The Morgan fingerprint density at radius 3 is 2.37 bits per heavy atom. The predicted octanol–water partition coefficient (Wildman–Crippen LogP) is 6.81. The number of allylic oxidation sites excluding steroid dienone is 2. The first kappa shape index (κ1) is 27.5. The number of aryl methyl sites for hydroxylation is 1. The summed E-state index contributed by atoms with van der Waals surface area (Å²) < 4.78 is 7.72. The van der Waals surface area contributed by atoms with Crippen LogP contribution in [-0.2, 0) is 9.53 Å². The maximum absolute atomic E-state index is 14.1. The number of amides is 2. The van der Waals surface area contributed by atoms with E-state index in [1.807, 2.05) is 76.2 Å². The summed E-state index contributed by atoms with van der Waals surface area (Å²) in [5, 5.41) is 1.14. The molecule has 198 valence electrons. The van der Waals surface area contributed by atoms with Crippen LogP contribution in [0.2, 0.25) is 10.0 Å². The van der Waals surface area contributed by atoms with Crippen LogP contribution >= 0.6 is 23.2 Å². The number of nitrogens with zero attached hydrogens (tertiary/aromatic N) is 4. The molecule has 1 unspecified atom stereocenters. The predicted molar refractivity (Wildman–Crippen MR) is 151 cm³/mol. The van der Waals surface area contributed by atoms with Crippen molar-refractivity contribution in [1.29, 1.82) is 0 Å². The maximum atomic E-state index is 14.1. The fraction of sp³-hybridized carbons (Fsp3) is 0.276. The van der Waals surface area contributed by atoms with Crippen LogP contribution in [0.3, 0.4) is 0 Å². The molecule has 1 atom stereocenters. The van der Waals surface area contributed by atoms with Gasteiger partial charge in [-0.3, -0.25) is 14.5 Å². The molecule has 4 rings (SSSR count). The van der Waals surface area contributed by atoms with E-state index in [9.17, 15) is 9.59 Å². The van der Waals surface area contributed by atoms with Gasteiger partial charge in [0, 0.05) is 35.0 Å². The third-order valence-electron chi connectivity index (χ3n) is 6.52. The van der Waals surface area contributed by atoms with Crippen molar-refractivity contribution < 1.29 is 14.3 Å². The number of fused-ring (bicyclic) bond motifs is 1. The molecule has 0 fully saturated rings. The van der Waals surface area contributed by atoms with Gasteiger partial charge in [-0.1, -0.05) is 47.5 Å². The van der Waals surface area contributed by atoms with Gasteiger partial charge in [-0.2, -0.15) is 0 Å². The molecule has 0 spiro atoms. The molecule has 0 saturated carbocycles. The summed E-state index contributed by atoms with van der Waals surface area (Å²) in [5.74, 6) is 0.801. The van der Waals surface area contributed by atoms with Crippen molar-refractivity contribution in [2.45, 2.75) is 39.8 Å². The van der Waals surface area contributed by atoms with Crippen molar-refractivity contribution in [3.05, 3.63) is 98.9 Å². The Balaban J connectivity index is 2.01. The van der Waals surface area contributed by atoms with Crippen LogP contribution in [0.25, 0.3) is 5.57 Å². The lowest BCUT2D eigenvalue weighted by atomic mass is 10.0. The molecule has 3 aromatic rings. The lowest BCUT2D eigenvalue weighted by Crippen LogP contribution is -2.31. The minimum absolute atomic E-state index is 0.0545. The van der Waals surface area contributed by atoms with Crippen molar-refractivity contribution in [3.8, 4) is 0 Å². The minimum atomic E-state index is -0.471. The van der Waals surface area contributed by atoms with Crippen LogP contribution in [0.5, 0.6) is 0 Å². The topological polar surface area (TPSA) is 67.7 Å². The lowest BCUT2D eigenvalue weighted by molar-refractivity contribution is -0.115.